The molecule has 6 aromatic rings. The summed E-state index contributed by atoms with van der Waals surface area (Å²) >= 11 is 3.54. The molecule has 0 saturated carbocycles. The summed E-state index contributed by atoms with van der Waals surface area (Å²) in [6, 6.07) is 32.3. The molecular weight excluding hydrogens is 420 g/mol. The minimum absolute atomic E-state index is 0.810. The van der Waals surface area contributed by atoms with Gasteiger partial charge < -0.3 is 4.57 Å². The lowest BCUT2D eigenvalue weighted by Gasteiger charge is -2.10. The number of nitrogens with zero attached hydrogens (tertiary/aromatic N) is 2. The number of hydrogen-bond acceptors (Lipinski definition) is 1. The van der Waals surface area contributed by atoms with Crippen molar-refractivity contribution in [3.63, 3.8) is 0 Å². The molecular formula is C26H17BrN2. The van der Waals surface area contributed by atoms with Crippen LogP contribution in [0.5, 0.6) is 0 Å². The van der Waals surface area contributed by atoms with Crippen molar-refractivity contribution in [1.82, 2.24) is 9.55 Å². The van der Waals surface area contributed by atoms with E-state index in [0.717, 1.165) is 22.1 Å². The molecule has 0 unspecified atom stereocenters. The van der Waals surface area contributed by atoms with E-state index in [0.29, 0.717) is 0 Å². The number of aromatic nitrogens is 2. The summed E-state index contributed by atoms with van der Waals surface area (Å²) in [6.07, 6.45) is 0. The number of rotatable bonds is 2. The Morgan fingerprint density at radius 3 is 2.41 bits per heavy atom. The standard InChI is InChI=1S/C26H17BrN2/c27-20-12-9-17(10-13-20)16-29-24-8-4-2-6-21(24)22-14-11-19-15-18-5-1-3-7-23(18)28-25(19)26(22)29/h1-15H,16H2. The fraction of sp³-hybridized carbons (Fsp3) is 0.0385. The van der Waals surface area contributed by atoms with Crippen molar-refractivity contribution in [2.45, 2.75) is 6.54 Å². The Morgan fingerprint density at radius 1 is 0.724 bits per heavy atom. The van der Waals surface area contributed by atoms with Crippen molar-refractivity contribution < 1.29 is 0 Å². The predicted octanol–water partition coefficient (Wildman–Crippen LogP) is 7.31. The number of para-hydroxylation sites is 2. The van der Waals surface area contributed by atoms with Crippen LogP contribution in [0.3, 0.4) is 0 Å². The van der Waals surface area contributed by atoms with Crippen LogP contribution in [0.1, 0.15) is 5.56 Å². The van der Waals surface area contributed by atoms with Gasteiger partial charge in [0.1, 0.15) is 0 Å². The molecule has 0 radical (unpaired) electrons. The Kier molecular flexibility index (Phi) is 3.71. The van der Waals surface area contributed by atoms with Gasteiger partial charge in [-0.25, -0.2) is 4.98 Å². The topological polar surface area (TPSA) is 17.8 Å². The highest BCUT2D eigenvalue weighted by Crippen LogP contribution is 2.35. The molecule has 2 aromatic heterocycles. The third-order valence-corrected chi connectivity index (χ3v) is 6.20. The molecule has 0 atom stereocenters. The van der Waals surface area contributed by atoms with Crippen LogP contribution in [-0.4, -0.2) is 9.55 Å². The Hall–Kier alpha value is -3.17. The van der Waals surface area contributed by atoms with Crippen molar-refractivity contribution in [3.05, 3.63) is 101 Å². The number of halogens is 1. The molecule has 0 aliphatic rings. The van der Waals surface area contributed by atoms with Crippen LogP contribution in [0.4, 0.5) is 0 Å². The van der Waals surface area contributed by atoms with Crippen LogP contribution in [0.25, 0.3) is 43.6 Å². The Labute approximate surface area is 176 Å². The monoisotopic (exact) mass is 436 g/mol. The summed E-state index contributed by atoms with van der Waals surface area (Å²) < 4.78 is 3.51. The summed E-state index contributed by atoms with van der Waals surface area (Å²) in [5, 5.41) is 4.88. The first-order valence-corrected chi connectivity index (χ1v) is 10.5. The molecule has 0 fully saturated rings. The largest absolute Gasteiger partial charge is 0.334 e. The normalized spacial score (nSPS) is 11.8. The van der Waals surface area contributed by atoms with Crippen molar-refractivity contribution in [2.24, 2.45) is 0 Å². The number of fused-ring (bicyclic) bond motifs is 6. The van der Waals surface area contributed by atoms with E-state index < -0.39 is 0 Å². The molecule has 0 saturated heterocycles. The molecule has 0 bridgehead atoms. The summed E-state index contributed by atoms with van der Waals surface area (Å²) in [7, 11) is 0. The van der Waals surface area contributed by atoms with Crippen LogP contribution >= 0.6 is 15.9 Å². The van der Waals surface area contributed by atoms with Gasteiger partial charge in [0, 0.05) is 38.1 Å². The van der Waals surface area contributed by atoms with E-state index in [2.05, 4.69) is 111 Å². The molecule has 2 heterocycles. The minimum Gasteiger partial charge on any atom is -0.334 e. The minimum atomic E-state index is 0.810. The third-order valence-electron chi connectivity index (χ3n) is 5.67. The van der Waals surface area contributed by atoms with Gasteiger partial charge in [0.2, 0.25) is 0 Å². The van der Waals surface area contributed by atoms with Crippen LogP contribution < -0.4 is 0 Å². The van der Waals surface area contributed by atoms with Gasteiger partial charge in [0.15, 0.2) is 0 Å². The van der Waals surface area contributed by atoms with Gasteiger partial charge in [-0.1, -0.05) is 76.6 Å². The van der Waals surface area contributed by atoms with Gasteiger partial charge in [-0.3, -0.25) is 0 Å². The molecule has 2 nitrogen and oxygen atoms in total. The number of hydrogen-bond donors (Lipinski definition) is 0. The molecule has 0 N–H and O–H groups in total. The van der Waals surface area contributed by atoms with Gasteiger partial charge >= 0.3 is 0 Å². The second kappa shape index (κ2) is 6.43. The summed E-state index contributed by atoms with van der Waals surface area (Å²) in [4.78, 5) is 5.09. The van der Waals surface area contributed by atoms with Crippen LogP contribution in [-0.2, 0) is 6.54 Å². The molecule has 0 spiro atoms. The third kappa shape index (κ3) is 2.65. The van der Waals surface area contributed by atoms with Crippen molar-refractivity contribution in [2.75, 3.05) is 0 Å². The molecule has 29 heavy (non-hydrogen) atoms. The van der Waals surface area contributed by atoms with Crippen LogP contribution in [0.15, 0.2) is 95.5 Å². The van der Waals surface area contributed by atoms with Gasteiger partial charge in [-0.2, -0.15) is 0 Å². The highest BCUT2D eigenvalue weighted by atomic mass is 79.9. The first-order valence-electron chi connectivity index (χ1n) is 9.72. The first-order chi connectivity index (χ1) is 14.3. The zero-order chi connectivity index (χ0) is 19.4. The van der Waals surface area contributed by atoms with Gasteiger partial charge in [0.25, 0.3) is 0 Å². The SMILES string of the molecule is Brc1ccc(Cn2c3ccccc3c3ccc4cc5ccccc5nc4c32)cc1. The fourth-order valence-electron chi connectivity index (χ4n) is 4.31. The number of benzene rings is 4. The van der Waals surface area contributed by atoms with Gasteiger partial charge in [-0.15, -0.1) is 0 Å². The van der Waals surface area contributed by atoms with E-state index in [-0.39, 0.29) is 0 Å². The smallest absolute Gasteiger partial charge is 0.0953 e. The van der Waals surface area contributed by atoms with Crippen molar-refractivity contribution in [1.29, 1.82) is 0 Å². The summed E-state index contributed by atoms with van der Waals surface area (Å²) in [5.74, 6) is 0. The maximum Gasteiger partial charge on any atom is 0.0953 e. The Bertz CT molecular complexity index is 1530. The van der Waals surface area contributed by atoms with E-state index in [1.165, 1.54) is 38.1 Å². The van der Waals surface area contributed by atoms with E-state index in [9.17, 15) is 0 Å². The fourth-order valence-corrected chi connectivity index (χ4v) is 4.58. The van der Waals surface area contributed by atoms with E-state index in [1.807, 2.05) is 0 Å². The highest BCUT2D eigenvalue weighted by molar-refractivity contribution is 9.10. The Balaban J connectivity index is 1.73. The molecule has 6 rings (SSSR count). The summed E-state index contributed by atoms with van der Waals surface area (Å²) in [6.45, 7) is 0.810. The van der Waals surface area contributed by atoms with E-state index >= 15 is 0 Å². The maximum atomic E-state index is 5.09. The van der Waals surface area contributed by atoms with Crippen molar-refractivity contribution in [3.8, 4) is 0 Å². The zero-order valence-electron chi connectivity index (χ0n) is 15.6. The van der Waals surface area contributed by atoms with Gasteiger partial charge in [0.05, 0.1) is 16.6 Å². The van der Waals surface area contributed by atoms with E-state index in [1.54, 1.807) is 0 Å². The van der Waals surface area contributed by atoms with Gasteiger partial charge in [-0.05, 0) is 35.9 Å². The molecule has 0 aliphatic carbocycles. The molecule has 4 aromatic carbocycles. The zero-order valence-corrected chi connectivity index (χ0v) is 17.2. The average Bonchev–Trinajstić information content (AvgIpc) is 3.08. The molecule has 0 aliphatic heterocycles. The van der Waals surface area contributed by atoms with Crippen LogP contribution in [0.2, 0.25) is 0 Å². The average molecular weight is 437 g/mol. The molecule has 0 amide bonds. The second-order valence-electron chi connectivity index (χ2n) is 7.44. The quantitative estimate of drug-likeness (QED) is 0.260. The predicted molar refractivity (Wildman–Crippen MR) is 125 cm³/mol. The Morgan fingerprint density at radius 2 is 1.52 bits per heavy atom. The molecule has 3 heteroatoms. The lowest BCUT2D eigenvalue weighted by Crippen LogP contribution is -2.00. The lowest BCUT2D eigenvalue weighted by atomic mass is 10.1. The van der Waals surface area contributed by atoms with E-state index in [4.69, 9.17) is 4.98 Å². The lowest BCUT2D eigenvalue weighted by molar-refractivity contribution is 0.870. The number of pyridine rings is 1. The van der Waals surface area contributed by atoms with Crippen LogP contribution in [0, 0.1) is 0 Å². The second-order valence-corrected chi connectivity index (χ2v) is 8.36. The maximum absolute atomic E-state index is 5.09. The molecule has 138 valence electrons. The first kappa shape index (κ1) is 16.8. The van der Waals surface area contributed by atoms with Crippen molar-refractivity contribution >= 4 is 59.5 Å². The summed E-state index contributed by atoms with van der Waals surface area (Å²) in [5.41, 5.74) is 5.82. The highest BCUT2D eigenvalue weighted by Gasteiger charge is 2.15.